The first kappa shape index (κ1) is 17.6. The zero-order valence-corrected chi connectivity index (χ0v) is 13.1. The first-order valence-electron chi connectivity index (χ1n) is 7.47. The molecular weight excluding hydrogens is 316 g/mol. The summed E-state index contributed by atoms with van der Waals surface area (Å²) >= 11 is 0. The molecule has 0 aliphatic rings. The number of carbonyl (C=O) groups excluding carboxylic acids is 2. The van der Waals surface area contributed by atoms with Crippen molar-refractivity contribution in [3.63, 3.8) is 0 Å². The van der Waals surface area contributed by atoms with Gasteiger partial charge in [0, 0.05) is 6.07 Å². The molecule has 0 aliphatic heterocycles. The third-order valence-corrected chi connectivity index (χ3v) is 3.44. The summed E-state index contributed by atoms with van der Waals surface area (Å²) in [6, 6.07) is 11.8. The number of ether oxygens (including phenoxy) is 1. The fourth-order valence-electron chi connectivity index (χ4n) is 2.24. The predicted molar refractivity (Wildman–Crippen MR) is 85.4 cm³/mol. The Labute approximate surface area is 138 Å². The third kappa shape index (κ3) is 4.62. The number of hydrogen-bond donors (Lipinski definition) is 1. The van der Waals surface area contributed by atoms with Gasteiger partial charge in [-0.25, -0.2) is 8.78 Å². The smallest absolute Gasteiger partial charge is 0.313 e. The maximum Gasteiger partial charge on any atom is 0.313 e. The highest BCUT2D eigenvalue weighted by atomic mass is 19.1. The average molecular weight is 333 g/mol. The second-order valence-electron chi connectivity index (χ2n) is 5.15. The molecule has 1 N–H and O–H groups in total. The largest absolute Gasteiger partial charge is 0.455 e. The minimum Gasteiger partial charge on any atom is -0.455 e. The van der Waals surface area contributed by atoms with Gasteiger partial charge in [-0.2, -0.15) is 0 Å². The predicted octanol–water partition coefficient (Wildman–Crippen LogP) is 3.64. The summed E-state index contributed by atoms with van der Waals surface area (Å²) in [5.74, 6) is -3.22. The van der Waals surface area contributed by atoms with Crippen LogP contribution in [-0.2, 0) is 14.3 Å². The maximum atomic E-state index is 13.4. The van der Waals surface area contributed by atoms with Crippen molar-refractivity contribution in [2.75, 3.05) is 11.9 Å². The van der Waals surface area contributed by atoms with Crippen molar-refractivity contribution in [2.45, 2.75) is 19.3 Å². The van der Waals surface area contributed by atoms with Crippen LogP contribution in [0.2, 0.25) is 0 Å². The van der Waals surface area contributed by atoms with Crippen LogP contribution in [0.4, 0.5) is 14.5 Å². The zero-order valence-electron chi connectivity index (χ0n) is 13.1. The molecule has 0 aromatic heterocycles. The lowest BCUT2D eigenvalue weighted by Gasteiger charge is -2.14. The number of nitrogens with one attached hydrogen (secondary N) is 1. The van der Waals surface area contributed by atoms with Crippen LogP contribution >= 0.6 is 0 Å². The van der Waals surface area contributed by atoms with Crippen molar-refractivity contribution in [1.82, 2.24) is 0 Å². The molecule has 0 aliphatic carbocycles. The Morgan fingerprint density at radius 2 is 1.83 bits per heavy atom. The highest BCUT2D eigenvalue weighted by molar-refractivity contribution is 5.93. The Balaban J connectivity index is 1.93. The van der Waals surface area contributed by atoms with Crippen molar-refractivity contribution in [2.24, 2.45) is 0 Å². The molecule has 1 amide bonds. The number of hydrogen-bond acceptors (Lipinski definition) is 3. The van der Waals surface area contributed by atoms with E-state index < -0.39 is 36.0 Å². The molecule has 6 heteroatoms. The van der Waals surface area contributed by atoms with Crippen molar-refractivity contribution in [3.05, 3.63) is 65.7 Å². The van der Waals surface area contributed by atoms with E-state index in [9.17, 15) is 18.4 Å². The Bertz CT molecular complexity index is 719. The molecule has 0 bridgehead atoms. The van der Waals surface area contributed by atoms with E-state index in [1.54, 1.807) is 12.1 Å². The molecule has 1 atom stereocenters. The van der Waals surface area contributed by atoms with E-state index in [2.05, 4.69) is 5.32 Å². The van der Waals surface area contributed by atoms with Gasteiger partial charge >= 0.3 is 5.97 Å². The molecule has 0 fully saturated rings. The highest BCUT2D eigenvalue weighted by Gasteiger charge is 2.21. The van der Waals surface area contributed by atoms with Crippen LogP contribution in [0.1, 0.15) is 24.8 Å². The molecule has 0 spiro atoms. The molecule has 0 heterocycles. The van der Waals surface area contributed by atoms with Gasteiger partial charge in [0.1, 0.15) is 11.6 Å². The van der Waals surface area contributed by atoms with E-state index in [1.165, 1.54) is 0 Å². The van der Waals surface area contributed by atoms with Gasteiger partial charge in [0.15, 0.2) is 6.61 Å². The van der Waals surface area contributed by atoms with Crippen LogP contribution in [0.5, 0.6) is 0 Å². The lowest BCUT2D eigenvalue weighted by molar-refractivity contribution is -0.149. The zero-order chi connectivity index (χ0) is 17.5. The molecule has 2 aromatic rings. The molecule has 2 rings (SSSR count). The van der Waals surface area contributed by atoms with Crippen LogP contribution in [0.3, 0.4) is 0 Å². The summed E-state index contributed by atoms with van der Waals surface area (Å²) in [7, 11) is 0. The second kappa shape index (κ2) is 8.19. The summed E-state index contributed by atoms with van der Waals surface area (Å²) in [6.07, 6.45) is 0.517. The van der Waals surface area contributed by atoms with Gasteiger partial charge in [0.2, 0.25) is 0 Å². The quantitative estimate of drug-likeness (QED) is 0.821. The Kier molecular flexibility index (Phi) is 6.01. The van der Waals surface area contributed by atoms with Crippen molar-refractivity contribution in [1.29, 1.82) is 0 Å². The molecular formula is C18H17F2NO3. The molecule has 2 aromatic carbocycles. The number of anilines is 1. The van der Waals surface area contributed by atoms with E-state index >= 15 is 0 Å². The summed E-state index contributed by atoms with van der Waals surface area (Å²) in [4.78, 5) is 23.9. The summed E-state index contributed by atoms with van der Waals surface area (Å²) in [5, 5.41) is 2.17. The van der Waals surface area contributed by atoms with Crippen LogP contribution in [-0.4, -0.2) is 18.5 Å². The number of amides is 1. The molecule has 0 saturated heterocycles. The van der Waals surface area contributed by atoms with Gasteiger partial charge in [-0.05, 0) is 24.1 Å². The maximum absolute atomic E-state index is 13.4. The monoisotopic (exact) mass is 333 g/mol. The van der Waals surface area contributed by atoms with E-state index in [4.69, 9.17) is 4.74 Å². The van der Waals surface area contributed by atoms with E-state index in [0.29, 0.717) is 6.42 Å². The Morgan fingerprint density at radius 1 is 1.12 bits per heavy atom. The van der Waals surface area contributed by atoms with Gasteiger partial charge in [-0.15, -0.1) is 0 Å². The number of benzene rings is 2. The summed E-state index contributed by atoms with van der Waals surface area (Å²) in [6.45, 7) is 1.26. The summed E-state index contributed by atoms with van der Waals surface area (Å²) in [5.41, 5.74) is 0.493. The van der Waals surface area contributed by atoms with Gasteiger partial charge < -0.3 is 10.1 Å². The van der Waals surface area contributed by atoms with Gasteiger partial charge in [0.25, 0.3) is 5.91 Å². The van der Waals surface area contributed by atoms with Crippen molar-refractivity contribution in [3.8, 4) is 0 Å². The average Bonchev–Trinajstić information content (AvgIpc) is 2.58. The van der Waals surface area contributed by atoms with Crippen LogP contribution in [0.15, 0.2) is 48.5 Å². The Hall–Kier alpha value is -2.76. The third-order valence-electron chi connectivity index (χ3n) is 3.44. The molecule has 24 heavy (non-hydrogen) atoms. The van der Waals surface area contributed by atoms with Crippen LogP contribution < -0.4 is 5.32 Å². The fraction of sp³-hybridized carbons (Fsp3) is 0.222. The molecule has 0 saturated carbocycles. The van der Waals surface area contributed by atoms with Gasteiger partial charge in [-0.3, -0.25) is 9.59 Å². The van der Waals surface area contributed by atoms with Gasteiger partial charge in [-0.1, -0.05) is 37.3 Å². The van der Waals surface area contributed by atoms with Crippen molar-refractivity contribution >= 4 is 17.6 Å². The number of halogens is 2. The second-order valence-corrected chi connectivity index (χ2v) is 5.15. The SMILES string of the molecule is CCC(C(=O)OCC(=O)Nc1cc(F)ccc1F)c1ccccc1. The van der Waals surface area contributed by atoms with Crippen LogP contribution in [0, 0.1) is 11.6 Å². The molecule has 4 nitrogen and oxygen atoms in total. The number of rotatable bonds is 6. The lowest BCUT2D eigenvalue weighted by atomic mass is 9.97. The first-order valence-corrected chi connectivity index (χ1v) is 7.47. The van der Waals surface area contributed by atoms with E-state index in [1.807, 2.05) is 25.1 Å². The molecule has 1 unspecified atom stereocenters. The van der Waals surface area contributed by atoms with Crippen molar-refractivity contribution < 1.29 is 23.1 Å². The lowest BCUT2D eigenvalue weighted by Crippen LogP contribution is -2.24. The Morgan fingerprint density at radius 3 is 2.50 bits per heavy atom. The van der Waals surface area contributed by atoms with E-state index in [-0.39, 0.29) is 5.69 Å². The molecule has 126 valence electrons. The topological polar surface area (TPSA) is 55.4 Å². The first-order chi connectivity index (χ1) is 11.5. The van der Waals surface area contributed by atoms with Crippen LogP contribution in [0.25, 0.3) is 0 Å². The van der Waals surface area contributed by atoms with Gasteiger partial charge in [0.05, 0.1) is 11.6 Å². The van der Waals surface area contributed by atoms with E-state index in [0.717, 1.165) is 23.8 Å². The number of esters is 1. The minimum atomic E-state index is -0.771. The molecule has 0 radical (unpaired) electrons. The highest BCUT2D eigenvalue weighted by Crippen LogP contribution is 2.21. The number of carbonyl (C=O) groups is 2. The normalized spacial score (nSPS) is 11.6. The standard InChI is InChI=1S/C18H17F2NO3/c1-2-14(12-6-4-3-5-7-12)18(23)24-11-17(22)21-16-10-13(19)8-9-15(16)20/h3-10,14H,2,11H2,1H3,(H,21,22). The summed E-state index contributed by atoms with van der Waals surface area (Å²) < 4.78 is 31.5. The minimum absolute atomic E-state index is 0.300. The fourth-order valence-corrected chi connectivity index (χ4v) is 2.24.